The lowest BCUT2D eigenvalue weighted by molar-refractivity contribution is 0.592. The zero-order valence-corrected chi connectivity index (χ0v) is 10.6. The fourth-order valence-corrected chi connectivity index (χ4v) is 2.22. The van der Waals surface area contributed by atoms with Gasteiger partial charge in [-0.3, -0.25) is 0 Å². The second-order valence-corrected chi connectivity index (χ2v) is 5.29. The lowest BCUT2D eigenvalue weighted by atomic mass is 10.1. The van der Waals surface area contributed by atoms with Gasteiger partial charge < -0.3 is 0 Å². The minimum Gasteiger partial charge on any atom is -0.193 e. The van der Waals surface area contributed by atoms with Crippen molar-refractivity contribution in [3.8, 4) is 6.07 Å². The molecule has 0 heterocycles. The Morgan fingerprint density at radius 2 is 2.06 bits per heavy atom. The van der Waals surface area contributed by atoms with E-state index in [4.69, 9.17) is 5.26 Å². The molecule has 1 aromatic rings. The quantitative estimate of drug-likeness (QED) is 0.545. The van der Waals surface area contributed by atoms with Crippen LogP contribution in [-0.2, 0) is 0 Å². The van der Waals surface area contributed by atoms with Gasteiger partial charge in [-0.1, -0.05) is 43.8 Å². The van der Waals surface area contributed by atoms with Crippen molar-refractivity contribution in [3.05, 3.63) is 41.3 Å². The first-order valence-corrected chi connectivity index (χ1v) is 6.35. The highest BCUT2D eigenvalue weighted by Gasteiger charge is 2.02. The number of benzene rings is 1. The zero-order chi connectivity index (χ0) is 11.8. The summed E-state index contributed by atoms with van der Waals surface area (Å²) in [6, 6.07) is 12.3. The number of hydrogen-bond donors (Lipinski definition) is 0. The largest absolute Gasteiger partial charge is 0.193 e. The van der Waals surface area contributed by atoms with Crippen LogP contribution < -0.4 is 0 Å². The Labute approximate surface area is 102 Å². The van der Waals surface area contributed by atoms with Crippen molar-refractivity contribution in [1.29, 1.82) is 5.26 Å². The predicted octanol–water partition coefficient (Wildman–Crippen LogP) is 4.62. The van der Waals surface area contributed by atoms with Gasteiger partial charge in [-0.15, -0.1) is 0 Å². The summed E-state index contributed by atoms with van der Waals surface area (Å²) >= 11 is 1.69. The SMILES string of the molecule is CC(C)CC/C(=C\C#N)Sc1ccccc1. The Kier molecular flexibility index (Phi) is 5.74. The van der Waals surface area contributed by atoms with Gasteiger partial charge in [0.15, 0.2) is 0 Å². The van der Waals surface area contributed by atoms with Gasteiger partial charge in [0.25, 0.3) is 0 Å². The summed E-state index contributed by atoms with van der Waals surface area (Å²) < 4.78 is 0. The molecule has 0 spiro atoms. The predicted molar refractivity (Wildman–Crippen MR) is 70.1 cm³/mol. The van der Waals surface area contributed by atoms with E-state index in [1.54, 1.807) is 17.8 Å². The number of allylic oxidation sites excluding steroid dienone is 2. The van der Waals surface area contributed by atoms with Gasteiger partial charge in [0, 0.05) is 15.9 Å². The molecule has 0 bridgehead atoms. The first kappa shape index (κ1) is 12.9. The maximum atomic E-state index is 8.74. The Morgan fingerprint density at radius 3 is 2.62 bits per heavy atom. The summed E-state index contributed by atoms with van der Waals surface area (Å²) in [4.78, 5) is 2.36. The maximum absolute atomic E-state index is 8.74. The Morgan fingerprint density at radius 1 is 1.38 bits per heavy atom. The molecule has 0 aliphatic rings. The summed E-state index contributed by atoms with van der Waals surface area (Å²) in [5, 5.41) is 8.74. The van der Waals surface area contributed by atoms with Crippen LogP contribution in [0.2, 0.25) is 0 Å². The summed E-state index contributed by atoms with van der Waals surface area (Å²) in [6.45, 7) is 4.41. The van der Waals surface area contributed by atoms with E-state index in [9.17, 15) is 0 Å². The van der Waals surface area contributed by atoms with Crippen LogP contribution in [0.1, 0.15) is 26.7 Å². The second-order valence-electron chi connectivity index (χ2n) is 4.09. The Balaban J connectivity index is 2.60. The molecule has 1 aromatic carbocycles. The molecule has 0 saturated carbocycles. The van der Waals surface area contributed by atoms with Gasteiger partial charge in [-0.05, 0) is 30.9 Å². The molecule has 0 amide bonds. The van der Waals surface area contributed by atoms with E-state index >= 15 is 0 Å². The number of thioether (sulfide) groups is 1. The molecule has 0 aromatic heterocycles. The van der Waals surface area contributed by atoms with Crippen LogP contribution in [0.15, 0.2) is 46.2 Å². The third-order valence-corrected chi connectivity index (χ3v) is 3.28. The third kappa shape index (κ3) is 5.04. The van der Waals surface area contributed by atoms with Gasteiger partial charge in [0.05, 0.1) is 6.07 Å². The van der Waals surface area contributed by atoms with E-state index in [0.717, 1.165) is 17.7 Å². The molecule has 0 atom stereocenters. The lowest BCUT2D eigenvalue weighted by Crippen LogP contribution is -1.88. The number of rotatable bonds is 5. The molecule has 84 valence electrons. The van der Waals surface area contributed by atoms with Crippen LogP contribution in [0.3, 0.4) is 0 Å². The van der Waals surface area contributed by atoms with Crippen molar-refractivity contribution < 1.29 is 0 Å². The van der Waals surface area contributed by atoms with E-state index in [0.29, 0.717) is 5.92 Å². The summed E-state index contributed by atoms with van der Waals surface area (Å²) in [6.07, 6.45) is 3.79. The number of hydrogen-bond acceptors (Lipinski definition) is 2. The highest BCUT2D eigenvalue weighted by atomic mass is 32.2. The molecule has 0 unspecified atom stereocenters. The van der Waals surface area contributed by atoms with Crippen LogP contribution in [-0.4, -0.2) is 0 Å². The van der Waals surface area contributed by atoms with Gasteiger partial charge >= 0.3 is 0 Å². The van der Waals surface area contributed by atoms with Crippen molar-refractivity contribution in [3.63, 3.8) is 0 Å². The molecule has 1 rings (SSSR count). The lowest BCUT2D eigenvalue weighted by Gasteiger charge is -2.07. The molecule has 0 N–H and O–H groups in total. The molecule has 0 fully saturated rings. The summed E-state index contributed by atoms with van der Waals surface area (Å²) in [5.41, 5.74) is 0. The van der Waals surface area contributed by atoms with Crippen molar-refractivity contribution in [2.45, 2.75) is 31.6 Å². The molecule has 0 aliphatic heterocycles. The second kappa shape index (κ2) is 7.14. The standard InChI is InChI=1S/C14H17NS/c1-12(2)8-9-14(10-11-15)16-13-6-4-3-5-7-13/h3-7,10,12H,8-9H2,1-2H3/b14-10+. The topological polar surface area (TPSA) is 23.8 Å². The van der Waals surface area contributed by atoms with Crippen LogP contribution in [0, 0.1) is 17.2 Å². The minimum atomic E-state index is 0.679. The smallest absolute Gasteiger partial charge is 0.0920 e. The normalized spacial score (nSPS) is 11.5. The minimum absolute atomic E-state index is 0.679. The van der Waals surface area contributed by atoms with E-state index in [-0.39, 0.29) is 0 Å². The molecule has 2 heteroatoms. The molecule has 0 saturated heterocycles. The van der Waals surface area contributed by atoms with Crippen LogP contribution in [0.4, 0.5) is 0 Å². The van der Waals surface area contributed by atoms with Crippen molar-refractivity contribution in [2.75, 3.05) is 0 Å². The van der Waals surface area contributed by atoms with E-state index in [1.165, 1.54) is 4.90 Å². The fourth-order valence-electron chi connectivity index (χ4n) is 1.30. The van der Waals surface area contributed by atoms with Gasteiger partial charge in [0.1, 0.15) is 0 Å². The summed E-state index contributed by atoms with van der Waals surface area (Å²) in [5.74, 6) is 0.679. The monoisotopic (exact) mass is 231 g/mol. The van der Waals surface area contributed by atoms with Crippen LogP contribution >= 0.6 is 11.8 Å². The Hall–Kier alpha value is -1.20. The van der Waals surface area contributed by atoms with Crippen molar-refractivity contribution in [2.24, 2.45) is 5.92 Å². The van der Waals surface area contributed by atoms with Crippen molar-refractivity contribution in [1.82, 2.24) is 0 Å². The molecule has 16 heavy (non-hydrogen) atoms. The molecule has 1 nitrogen and oxygen atoms in total. The fraction of sp³-hybridized carbons (Fsp3) is 0.357. The van der Waals surface area contributed by atoms with Crippen LogP contribution in [0.5, 0.6) is 0 Å². The molecular formula is C14H17NS. The van der Waals surface area contributed by atoms with Gasteiger partial charge in [-0.25, -0.2) is 0 Å². The first-order chi connectivity index (χ1) is 7.72. The van der Waals surface area contributed by atoms with Gasteiger partial charge in [-0.2, -0.15) is 5.26 Å². The third-order valence-electron chi connectivity index (χ3n) is 2.19. The van der Waals surface area contributed by atoms with E-state index in [2.05, 4.69) is 32.0 Å². The van der Waals surface area contributed by atoms with Crippen molar-refractivity contribution >= 4 is 11.8 Å². The summed E-state index contributed by atoms with van der Waals surface area (Å²) in [7, 11) is 0. The maximum Gasteiger partial charge on any atom is 0.0920 e. The van der Waals surface area contributed by atoms with E-state index in [1.807, 2.05) is 18.2 Å². The Bertz CT molecular complexity index is 373. The first-order valence-electron chi connectivity index (χ1n) is 5.54. The average molecular weight is 231 g/mol. The molecular weight excluding hydrogens is 214 g/mol. The number of nitrogens with zero attached hydrogens (tertiary/aromatic N) is 1. The number of nitriles is 1. The van der Waals surface area contributed by atoms with E-state index < -0.39 is 0 Å². The molecule has 0 aliphatic carbocycles. The zero-order valence-electron chi connectivity index (χ0n) is 9.81. The van der Waals surface area contributed by atoms with Gasteiger partial charge in [0.2, 0.25) is 0 Å². The highest BCUT2D eigenvalue weighted by Crippen LogP contribution is 2.30. The molecule has 0 radical (unpaired) electrons. The highest BCUT2D eigenvalue weighted by molar-refractivity contribution is 8.03. The average Bonchev–Trinajstić information content (AvgIpc) is 2.27. The van der Waals surface area contributed by atoms with Crippen LogP contribution in [0.25, 0.3) is 0 Å².